The first-order chi connectivity index (χ1) is 15.3. The van der Waals surface area contributed by atoms with E-state index in [-0.39, 0.29) is 0 Å². The molecule has 0 spiro atoms. The van der Waals surface area contributed by atoms with Crippen molar-refractivity contribution in [3.05, 3.63) is 24.2 Å². The van der Waals surface area contributed by atoms with Crippen molar-refractivity contribution in [1.29, 1.82) is 0 Å². The van der Waals surface area contributed by atoms with Gasteiger partial charge in [-0.2, -0.15) is 0 Å². The fourth-order valence-corrected chi connectivity index (χ4v) is 4.14. The van der Waals surface area contributed by atoms with Crippen molar-refractivity contribution < 1.29 is 4.74 Å². The number of hydrogen-bond acceptors (Lipinski definition) is 5. The van der Waals surface area contributed by atoms with E-state index in [0.29, 0.717) is 17.8 Å². The van der Waals surface area contributed by atoms with Crippen LogP contribution < -0.4 is 10.6 Å². The summed E-state index contributed by atoms with van der Waals surface area (Å²) in [5.74, 6) is 2.57. The molecule has 1 unspecified atom stereocenters. The van der Waals surface area contributed by atoms with Gasteiger partial charge in [0.05, 0.1) is 24.7 Å². The number of nitrogens with zero attached hydrogens (tertiary/aromatic N) is 3. The van der Waals surface area contributed by atoms with Crippen molar-refractivity contribution in [2.45, 2.75) is 57.9 Å². The van der Waals surface area contributed by atoms with Crippen LogP contribution >= 0.6 is 11.6 Å². The van der Waals surface area contributed by atoms with E-state index in [1.807, 2.05) is 6.08 Å². The molecule has 0 bridgehead atoms. The van der Waals surface area contributed by atoms with Crippen LogP contribution in [-0.2, 0) is 4.74 Å². The van der Waals surface area contributed by atoms with Gasteiger partial charge in [-0.05, 0) is 50.2 Å². The van der Waals surface area contributed by atoms with Crippen LogP contribution in [-0.4, -0.2) is 54.0 Å². The van der Waals surface area contributed by atoms with Gasteiger partial charge in [-0.1, -0.05) is 19.3 Å². The Balaban J connectivity index is 0.00000166. The summed E-state index contributed by atoms with van der Waals surface area (Å²) in [6.07, 6.45) is 22.2. The zero-order valence-corrected chi connectivity index (χ0v) is 19.4. The van der Waals surface area contributed by atoms with Crippen molar-refractivity contribution in [3.63, 3.8) is 0 Å². The lowest BCUT2D eigenvalue weighted by Gasteiger charge is -2.24. The van der Waals surface area contributed by atoms with Crippen LogP contribution in [0.15, 0.2) is 23.5 Å². The molecule has 1 aromatic rings. The lowest BCUT2D eigenvalue weighted by atomic mass is 9.95. The minimum absolute atomic E-state index is 0.365. The molecule has 2 aliphatic rings. The first-order valence-corrected chi connectivity index (χ1v) is 11.9. The van der Waals surface area contributed by atoms with Crippen LogP contribution in [0.5, 0.6) is 0 Å². The molecule has 170 valence electrons. The number of ether oxygens (including phenoxy) is 1. The van der Waals surface area contributed by atoms with E-state index < -0.39 is 0 Å². The minimum Gasteiger partial charge on any atom is -0.381 e. The molecule has 2 N–H and O–H groups in total. The lowest BCUT2D eigenvalue weighted by Crippen LogP contribution is -2.35. The number of aliphatic imine (C=N–C) groups is 1. The van der Waals surface area contributed by atoms with Gasteiger partial charge in [-0.15, -0.1) is 24.4 Å². The fraction of sp³-hybridized carbons (Fsp3) is 0.625. The second-order valence-electron chi connectivity index (χ2n) is 7.90. The number of nitrogens with one attached hydrogen (secondary N) is 2. The van der Waals surface area contributed by atoms with Gasteiger partial charge < -0.3 is 15.4 Å². The molecule has 1 atom stereocenters. The summed E-state index contributed by atoms with van der Waals surface area (Å²) in [6, 6.07) is 0.499. The van der Waals surface area contributed by atoms with Crippen LogP contribution in [0.4, 0.5) is 5.82 Å². The highest BCUT2D eigenvalue weighted by molar-refractivity contribution is 6.24. The molecule has 2 heterocycles. The van der Waals surface area contributed by atoms with Crippen LogP contribution in [0.1, 0.15) is 57.6 Å². The van der Waals surface area contributed by atoms with Gasteiger partial charge in [0.25, 0.3) is 0 Å². The van der Waals surface area contributed by atoms with Crippen molar-refractivity contribution in [2.75, 3.05) is 37.5 Å². The SMILES string of the molecule is C#C.CCN=C(/C=C(\CCl)c1cncc(NCC2CCCOC2)n1)NC1CCCCC1. The molecule has 1 saturated heterocycles. The van der Waals surface area contributed by atoms with Gasteiger partial charge in [0.15, 0.2) is 0 Å². The predicted octanol–water partition coefficient (Wildman–Crippen LogP) is 4.53. The van der Waals surface area contributed by atoms with Gasteiger partial charge in [-0.25, -0.2) is 4.98 Å². The van der Waals surface area contributed by atoms with Crippen molar-refractivity contribution in [3.8, 4) is 12.8 Å². The van der Waals surface area contributed by atoms with Gasteiger partial charge in [-0.3, -0.25) is 9.98 Å². The van der Waals surface area contributed by atoms with Gasteiger partial charge in [0.1, 0.15) is 11.7 Å². The molecule has 3 rings (SSSR count). The Hall–Kier alpha value is -2.10. The summed E-state index contributed by atoms with van der Waals surface area (Å²) in [5, 5.41) is 7.02. The Morgan fingerprint density at radius 2 is 2.03 bits per heavy atom. The number of allylic oxidation sites excluding steroid dienone is 1. The molecule has 1 saturated carbocycles. The predicted molar refractivity (Wildman–Crippen MR) is 131 cm³/mol. The Morgan fingerprint density at radius 1 is 1.23 bits per heavy atom. The summed E-state index contributed by atoms with van der Waals surface area (Å²) in [4.78, 5) is 13.8. The van der Waals surface area contributed by atoms with E-state index in [0.717, 1.165) is 55.6 Å². The minimum atomic E-state index is 0.365. The standard InChI is InChI=1S/C22H34ClN5O.C2H2/c1-2-25-21(27-19-8-4-3-5-9-19)11-18(12-23)20-14-24-15-22(28-20)26-13-17-7-6-10-29-16-17;1-2/h11,14-15,17,19H,2-10,12-13,16H2,1H3,(H,25,27)(H,26,28);1-2H/b18-11+;. The maximum Gasteiger partial charge on any atom is 0.145 e. The Labute approximate surface area is 192 Å². The molecule has 0 radical (unpaired) electrons. The molecule has 2 fully saturated rings. The average Bonchev–Trinajstić information content (AvgIpc) is 2.84. The highest BCUT2D eigenvalue weighted by atomic mass is 35.5. The lowest BCUT2D eigenvalue weighted by molar-refractivity contribution is 0.0595. The van der Waals surface area contributed by atoms with Gasteiger partial charge >= 0.3 is 0 Å². The molecular weight excluding hydrogens is 410 g/mol. The molecular formula is C24H36ClN5O. The highest BCUT2D eigenvalue weighted by Crippen LogP contribution is 2.19. The second-order valence-corrected chi connectivity index (χ2v) is 8.16. The third-order valence-corrected chi connectivity index (χ3v) is 5.82. The molecule has 31 heavy (non-hydrogen) atoms. The van der Waals surface area contributed by atoms with Crippen molar-refractivity contribution in [2.24, 2.45) is 10.9 Å². The number of halogens is 1. The molecule has 6 nitrogen and oxygen atoms in total. The maximum atomic E-state index is 6.28. The summed E-state index contributed by atoms with van der Waals surface area (Å²) >= 11 is 6.28. The Bertz CT molecular complexity index is 722. The molecule has 1 aliphatic carbocycles. The highest BCUT2D eigenvalue weighted by Gasteiger charge is 2.16. The zero-order chi connectivity index (χ0) is 22.3. The first kappa shape index (κ1) is 25.2. The van der Waals surface area contributed by atoms with E-state index in [9.17, 15) is 0 Å². The largest absolute Gasteiger partial charge is 0.381 e. The van der Waals surface area contributed by atoms with Crippen molar-refractivity contribution >= 4 is 28.8 Å². The third kappa shape index (κ3) is 8.88. The van der Waals surface area contributed by atoms with Crippen LogP contribution in [0, 0.1) is 18.8 Å². The number of amidine groups is 1. The smallest absolute Gasteiger partial charge is 0.145 e. The van der Waals surface area contributed by atoms with Crippen molar-refractivity contribution in [1.82, 2.24) is 15.3 Å². The topological polar surface area (TPSA) is 71.4 Å². The first-order valence-electron chi connectivity index (χ1n) is 11.3. The Kier molecular flexibility index (Phi) is 12.0. The molecule has 1 aromatic heterocycles. The average molecular weight is 446 g/mol. The third-order valence-electron chi connectivity index (χ3n) is 5.53. The second kappa shape index (κ2) is 14.8. The fourth-order valence-electron chi connectivity index (χ4n) is 3.93. The number of aromatic nitrogens is 2. The normalized spacial score (nSPS) is 20.5. The number of rotatable bonds is 8. The van der Waals surface area contributed by atoms with Crippen LogP contribution in [0.2, 0.25) is 0 Å². The van der Waals surface area contributed by atoms with E-state index in [2.05, 4.69) is 40.4 Å². The van der Waals surface area contributed by atoms with Crippen LogP contribution in [0.25, 0.3) is 5.57 Å². The quantitative estimate of drug-likeness (QED) is 0.266. The molecule has 0 aromatic carbocycles. The summed E-state index contributed by atoms with van der Waals surface area (Å²) in [7, 11) is 0. The monoisotopic (exact) mass is 445 g/mol. The van der Waals surface area contributed by atoms with Gasteiger partial charge in [0, 0.05) is 31.6 Å². The molecule has 7 heteroatoms. The molecule has 0 amide bonds. The zero-order valence-electron chi connectivity index (χ0n) is 18.7. The number of alkyl halides is 1. The van der Waals surface area contributed by atoms with E-state index >= 15 is 0 Å². The molecule has 1 aliphatic heterocycles. The summed E-state index contributed by atoms with van der Waals surface area (Å²) in [6.45, 7) is 5.33. The van der Waals surface area contributed by atoms with Gasteiger partial charge in [0.2, 0.25) is 0 Å². The van der Waals surface area contributed by atoms with E-state index in [4.69, 9.17) is 21.3 Å². The summed E-state index contributed by atoms with van der Waals surface area (Å²) < 4.78 is 5.56. The van der Waals surface area contributed by atoms with E-state index in [1.165, 1.54) is 38.5 Å². The Morgan fingerprint density at radius 3 is 2.71 bits per heavy atom. The van der Waals surface area contributed by atoms with Crippen LogP contribution in [0.3, 0.4) is 0 Å². The van der Waals surface area contributed by atoms with E-state index in [1.54, 1.807) is 12.4 Å². The number of anilines is 1. The number of terminal acetylenes is 1. The maximum absolute atomic E-state index is 6.28. The number of hydrogen-bond donors (Lipinski definition) is 2. The summed E-state index contributed by atoms with van der Waals surface area (Å²) in [5.41, 5.74) is 1.72.